The number of alkyl halides is 1. The third-order valence-corrected chi connectivity index (χ3v) is 8.33. The van der Waals surface area contributed by atoms with E-state index in [0.717, 1.165) is 12.0 Å². The molecule has 3 amide bonds. The molecule has 7 atom stereocenters. The summed E-state index contributed by atoms with van der Waals surface area (Å²) in [6.07, 6.45) is 1.29. The number of halogens is 1. The second kappa shape index (κ2) is 10.6. The third-order valence-electron chi connectivity index (χ3n) is 7.48. The van der Waals surface area contributed by atoms with Crippen LogP contribution < -0.4 is 10.6 Å². The van der Waals surface area contributed by atoms with Crippen LogP contribution in [0.15, 0.2) is 30.3 Å². The minimum Gasteiger partial charge on any atom is -0.394 e. The number of ether oxygens (including phenoxy) is 1. The van der Waals surface area contributed by atoms with Crippen LogP contribution in [0.1, 0.15) is 45.6 Å². The maximum absolute atomic E-state index is 14.0. The fourth-order valence-corrected chi connectivity index (χ4v) is 7.07. The number of carbonyl (C=O) groups is 3. The highest BCUT2D eigenvalue weighted by molar-refractivity contribution is 9.09. The lowest BCUT2D eigenvalue weighted by Gasteiger charge is -2.37. The summed E-state index contributed by atoms with van der Waals surface area (Å²) in [7, 11) is 0. The van der Waals surface area contributed by atoms with E-state index in [9.17, 15) is 19.5 Å². The number of aliphatic hydroxyl groups is 1. The Balaban J connectivity index is 1.70. The minimum absolute atomic E-state index is 0.147. The van der Waals surface area contributed by atoms with Crippen LogP contribution in [0.5, 0.6) is 0 Å². The minimum atomic E-state index is -1.12. The van der Waals surface area contributed by atoms with Gasteiger partial charge >= 0.3 is 0 Å². The van der Waals surface area contributed by atoms with Crippen molar-refractivity contribution in [2.24, 2.45) is 17.8 Å². The van der Waals surface area contributed by atoms with Gasteiger partial charge in [-0.1, -0.05) is 67.0 Å². The summed E-state index contributed by atoms with van der Waals surface area (Å²) in [5, 5.41) is 16.2. The second-order valence-electron chi connectivity index (χ2n) is 10.4. The monoisotopic (exact) mass is 549 g/mol. The van der Waals surface area contributed by atoms with Gasteiger partial charge in [0.25, 0.3) is 0 Å². The van der Waals surface area contributed by atoms with Gasteiger partial charge in [0.2, 0.25) is 17.7 Å². The summed E-state index contributed by atoms with van der Waals surface area (Å²) in [6.45, 7) is 6.58. The quantitative estimate of drug-likeness (QED) is 0.387. The van der Waals surface area contributed by atoms with E-state index >= 15 is 0 Å². The molecule has 1 spiro atoms. The fraction of sp³-hybridized carbons (Fsp3) is 0.654. The van der Waals surface area contributed by atoms with Crippen molar-refractivity contribution >= 4 is 33.7 Å². The Bertz CT molecular complexity index is 944. The molecule has 1 aromatic rings. The number of likely N-dealkylation sites (tertiary alicyclic amines) is 1. The van der Waals surface area contributed by atoms with Crippen LogP contribution in [0.3, 0.4) is 0 Å². The molecule has 3 saturated heterocycles. The molecule has 192 valence electrons. The van der Waals surface area contributed by atoms with Crippen LogP contribution in [-0.4, -0.2) is 69.5 Å². The maximum Gasteiger partial charge on any atom is 0.246 e. The van der Waals surface area contributed by atoms with E-state index < -0.39 is 35.6 Å². The fourth-order valence-electron chi connectivity index (χ4n) is 6.13. The summed E-state index contributed by atoms with van der Waals surface area (Å²) < 4.78 is 6.48. The topological polar surface area (TPSA) is 108 Å². The Kier molecular flexibility index (Phi) is 7.88. The highest BCUT2D eigenvalue weighted by atomic mass is 79.9. The average Bonchev–Trinajstić information content (AvgIpc) is 3.43. The van der Waals surface area contributed by atoms with Gasteiger partial charge < -0.3 is 25.4 Å². The number of aliphatic hydroxyl groups excluding tert-OH is 1. The largest absolute Gasteiger partial charge is 0.394 e. The van der Waals surface area contributed by atoms with E-state index in [1.165, 1.54) is 4.90 Å². The van der Waals surface area contributed by atoms with E-state index in [2.05, 4.69) is 26.6 Å². The number of rotatable bonds is 10. The highest BCUT2D eigenvalue weighted by Crippen LogP contribution is 2.60. The lowest BCUT2D eigenvalue weighted by molar-refractivity contribution is -0.146. The summed E-state index contributed by atoms with van der Waals surface area (Å²) in [5.41, 5.74) is -0.173. The van der Waals surface area contributed by atoms with Gasteiger partial charge in [-0.25, -0.2) is 0 Å². The highest BCUT2D eigenvalue weighted by Gasteiger charge is 2.76. The SMILES string of the molecule is CCCNC(=O)[C@H]1[C@H]2C(=O)N([C@@H](CO)CC(C)C)C(C(=O)NCc3ccccc3)C23CC(Br)[C@@H]1O3. The molecule has 3 aliphatic heterocycles. The predicted molar refractivity (Wildman–Crippen MR) is 134 cm³/mol. The Morgan fingerprint density at radius 3 is 2.57 bits per heavy atom. The van der Waals surface area contributed by atoms with Gasteiger partial charge in [-0.2, -0.15) is 0 Å². The molecular weight excluding hydrogens is 514 g/mol. The smallest absolute Gasteiger partial charge is 0.246 e. The van der Waals surface area contributed by atoms with Gasteiger partial charge in [-0.3, -0.25) is 14.4 Å². The summed E-state index contributed by atoms with van der Waals surface area (Å²) in [6, 6.07) is 8.11. The molecule has 35 heavy (non-hydrogen) atoms. The molecule has 3 aliphatic rings. The van der Waals surface area contributed by atoms with Crippen molar-refractivity contribution in [3.8, 4) is 0 Å². The van der Waals surface area contributed by atoms with Crippen LogP contribution >= 0.6 is 15.9 Å². The van der Waals surface area contributed by atoms with Gasteiger partial charge in [0.05, 0.1) is 30.6 Å². The predicted octanol–water partition coefficient (Wildman–Crippen LogP) is 1.98. The summed E-state index contributed by atoms with van der Waals surface area (Å²) >= 11 is 3.67. The molecule has 0 aliphatic carbocycles. The van der Waals surface area contributed by atoms with Gasteiger partial charge in [0.1, 0.15) is 11.6 Å². The van der Waals surface area contributed by atoms with Gasteiger partial charge in [0.15, 0.2) is 0 Å². The third kappa shape index (κ3) is 4.62. The molecular formula is C26H36BrN3O5. The van der Waals surface area contributed by atoms with Crippen molar-refractivity contribution in [1.29, 1.82) is 0 Å². The van der Waals surface area contributed by atoms with E-state index in [-0.39, 0.29) is 35.1 Å². The van der Waals surface area contributed by atoms with Crippen molar-refractivity contribution in [3.63, 3.8) is 0 Å². The van der Waals surface area contributed by atoms with Crippen LogP contribution in [0.4, 0.5) is 0 Å². The number of hydrogen-bond acceptors (Lipinski definition) is 5. The van der Waals surface area contributed by atoms with E-state index in [0.29, 0.717) is 25.9 Å². The zero-order valence-electron chi connectivity index (χ0n) is 20.6. The Labute approximate surface area is 215 Å². The van der Waals surface area contributed by atoms with Crippen LogP contribution in [-0.2, 0) is 25.7 Å². The number of hydrogen-bond donors (Lipinski definition) is 3. The molecule has 3 unspecified atom stereocenters. The average molecular weight is 550 g/mol. The lowest BCUT2D eigenvalue weighted by atomic mass is 9.70. The molecule has 0 radical (unpaired) electrons. The maximum atomic E-state index is 14.0. The molecule has 4 rings (SSSR count). The molecule has 3 heterocycles. The van der Waals surface area contributed by atoms with Crippen molar-refractivity contribution < 1.29 is 24.2 Å². The van der Waals surface area contributed by atoms with Crippen LogP contribution in [0, 0.1) is 17.8 Å². The van der Waals surface area contributed by atoms with E-state index in [4.69, 9.17) is 4.74 Å². The zero-order valence-corrected chi connectivity index (χ0v) is 22.2. The molecule has 3 N–H and O–H groups in total. The number of fused-ring (bicyclic) bond motifs is 1. The standard InChI is InChI=1S/C26H36BrN3O5/c1-4-10-28-23(32)19-20-25(34)30(17(14-31)11-15(2)3)22(26(20)12-18(27)21(19)35-26)24(33)29-13-16-8-6-5-7-9-16/h5-9,15,17-22,31H,4,10-14H2,1-3H3,(H,28,32)(H,29,33)/t17-,18?,19+,20+,21+,22?,26?/m1/s1. The number of nitrogens with one attached hydrogen (secondary N) is 2. The van der Waals surface area contributed by atoms with Gasteiger partial charge in [0, 0.05) is 17.9 Å². The zero-order chi connectivity index (χ0) is 25.3. The summed E-state index contributed by atoms with van der Waals surface area (Å²) in [4.78, 5) is 42.4. The lowest BCUT2D eigenvalue weighted by Crippen LogP contribution is -2.58. The van der Waals surface area contributed by atoms with Gasteiger partial charge in [-0.15, -0.1) is 0 Å². The first-order valence-corrected chi connectivity index (χ1v) is 13.5. The molecule has 0 saturated carbocycles. The van der Waals surface area contributed by atoms with E-state index in [1.54, 1.807) is 0 Å². The first kappa shape index (κ1) is 26.1. The number of benzene rings is 1. The number of nitrogens with zero attached hydrogens (tertiary/aromatic N) is 1. The number of amides is 3. The van der Waals surface area contributed by atoms with Gasteiger partial charge in [-0.05, 0) is 30.7 Å². The first-order valence-electron chi connectivity index (χ1n) is 12.6. The molecule has 8 nitrogen and oxygen atoms in total. The Morgan fingerprint density at radius 2 is 1.94 bits per heavy atom. The first-order chi connectivity index (χ1) is 16.7. The van der Waals surface area contributed by atoms with Crippen molar-refractivity contribution in [3.05, 3.63) is 35.9 Å². The van der Waals surface area contributed by atoms with E-state index in [1.807, 2.05) is 51.1 Å². The Morgan fingerprint density at radius 1 is 1.23 bits per heavy atom. The molecule has 9 heteroatoms. The molecule has 0 aromatic heterocycles. The molecule has 2 bridgehead atoms. The van der Waals surface area contributed by atoms with Crippen molar-refractivity contribution in [1.82, 2.24) is 15.5 Å². The van der Waals surface area contributed by atoms with Crippen molar-refractivity contribution in [2.45, 2.75) is 75.2 Å². The normalized spacial score (nSPS) is 32.1. The summed E-state index contributed by atoms with van der Waals surface area (Å²) in [5.74, 6) is -2.04. The van der Waals surface area contributed by atoms with Crippen molar-refractivity contribution in [2.75, 3.05) is 13.2 Å². The number of carbonyl (C=O) groups excluding carboxylic acids is 3. The molecule has 1 aromatic carbocycles. The van der Waals surface area contributed by atoms with Crippen LogP contribution in [0.2, 0.25) is 0 Å². The van der Waals surface area contributed by atoms with Crippen LogP contribution in [0.25, 0.3) is 0 Å². The Hall–Kier alpha value is -1.97. The second-order valence-corrected chi connectivity index (χ2v) is 11.5. The molecule has 3 fully saturated rings.